The second-order valence-electron chi connectivity index (χ2n) is 7.96. The molecule has 6 aromatic rings. The van der Waals surface area contributed by atoms with Gasteiger partial charge in [-0.15, -0.1) is 0 Å². The third-order valence-corrected chi connectivity index (χ3v) is 5.84. The van der Waals surface area contributed by atoms with E-state index in [-0.39, 0.29) is 5.56 Å². The third-order valence-electron chi connectivity index (χ3n) is 5.84. The van der Waals surface area contributed by atoms with Crippen molar-refractivity contribution in [3.63, 3.8) is 0 Å². The van der Waals surface area contributed by atoms with Crippen LogP contribution >= 0.6 is 0 Å². The zero-order chi connectivity index (χ0) is 23.8. The van der Waals surface area contributed by atoms with E-state index in [1.807, 2.05) is 95.7 Å². The Labute approximate surface area is 200 Å². The molecule has 7 heteroatoms. The van der Waals surface area contributed by atoms with Gasteiger partial charge in [-0.1, -0.05) is 30.3 Å². The van der Waals surface area contributed by atoms with Crippen molar-refractivity contribution in [2.24, 2.45) is 5.10 Å². The summed E-state index contributed by atoms with van der Waals surface area (Å²) in [7, 11) is 1.64. The Morgan fingerprint density at radius 3 is 2.57 bits per heavy atom. The number of fused-ring (bicyclic) bond motifs is 2. The van der Waals surface area contributed by atoms with Crippen LogP contribution in [0.5, 0.6) is 5.75 Å². The highest BCUT2D eigenvalue weighted by Gasteiger charge is 2.16. The predicted octanol–water partition coefficient (Wildman–Crippen LogP) is 5.49. The monoisotopic (exact) mass is 460 g/mol. The van der Waals surface area contributed by atoms with E-state index in [4.69, 9.17) is 14.1 Å². The molecule has 0 aliphatic heterocycles. The standard InChI is InChI=1S/C28H20N4O3/c1-34-22-14-12-20(13-15-22)31-16-6-8-21(31)18-29-32-27(26-17-19-7-2-5-11-25(19)35-26)30-24-10-4-3-9-23(24)28(32)33/h2-18H,1H3. The SMILES string of the molecule is COc1ccc(-n2cccc2C=Nn2c(-c3cc4ccccc4o3)nc3ccccc3c2=O)cc1. The second kappa shape index (κ2) is 8.46. The van der Waals surface area contributed by atoms with Crippen LogP contribution in [0.1, 0.15) is 5.69 Å². The average molecular weight is 460 g/mol. The summed E-state index contributed by atoms with van der Waals surface area (Å²) < 4.78 is 14.6. The van der Waals surface area contributed by atoms with E-state index >= 15 is 0 Å². The molecule has 0 aliphatic rings. The zero-order valence-electron chi connectivity index (χ0n) is 18.8. The molecule has 0 amide bonds. The van der Waals surface area contributed by atoms with Crippen LogP contribution in [-0.4, -0.2) is 27.6 Å². The number of aromatic nitrogens is 3. The molecule has 3 heterocycles. The van der Waals surface area contributed by atoms with Crippen molar-refractivity contribution < 1.29 is 9.15 Å². The van der Waals surface area contributed by atoms with Crippen molar-refractivity contribution in [3.05, 3.63) is 113 Å². The highest BCUT2D eigenvalue weighted by molar-refractivity contribution is 5.84. The number of rotatable bonds is 5. The van der Waals surface area contributed by atoms with Crippen molar-refractivity contribution in [2.45, 2.75) is 0 Å². The van der Waals surface area contributed by atoms with Gasteiger partial charge in [0.1, 0.15) is 11.3 Å². The number of furan rings is 1. The average Bonchev–Trinajstić information content (AvgIpc) is 3.55. The first-order valence-electron chi connectivity index (χ1n) is 11.1. The number of ether oxygens (including phenoxy) is 1. The van der Waals surface area contributed by atoms with E-state index in [1.54, 1.807) is 19.4 Å². The summed E-state index contributed by atoms with van der Waals surface area (Å²) in [5.41, 5.74) is 2.77. The lowest BCUT2D eigenvalue weighted by molar-refractivity contribution is 0.415. The summed E-state index contributed by atoms with van der Waals surface area (Å²) in [5, 5.41) is 5.98. The molecule has 3 aromatic heterocycles. The van der Waals surface area contributed by atoms with Crippen LogP contribution in [0.25, 0.3) is 39.1 Å². The molecule has 170 valence electrons. The highest BCUT2D eigenvalue weighted by Crippen LogP contribution is 2.27. The van der Waals surface area contributed by atoms with E-state index in [2.05, 4.69) is 5.10 Å². The Balaban J connectivity index is 1.49. The third kappa shape index (κ3) is 3.69. The minimum atomic E-state index is -0.273. The molecule has 0 unspecified atom stereocenters. The van der Waals surface area contributed by atoms with Crippen molar-refractivity contribution in [1.29, 1.82) is 0 Å². The molecular formula is C28H20N4O3. The van der Waals surface area contributed by atoms with Gasteiger partial charge in [0.05, 0.1) is 29.9 Å². The van der Waals surface area contributed by atoms with Gasteiger partial charge in [-0.3, -0.25) is 4.79 Å². The van der Waals surface area contributed by atoms with Gasteiger partial charge in [0.2, 0.25) is 5.82 Å². The Morgan fingerprint density at radius 1 is 0.943 bits per heavy atom. The van der Waals surface area contributed by atoms with E-state index in [9.17, 15) is 4.79 Å². The molecule has 0 N–H and O–H groups in total. The quantitative estimate of drug-likeness (QED) is 0.319. The minimum Gasteiger partial charge on any atom is -0.497 e. The second-order valence-corrected chi connectivity index (χ2v) is 7.96. The van der Waals surface area contributed by atoms with Crippen molar-refractivity contribution in [3.8, 4) is 23.0 Å². The number of methoxy groups -OCH3 is 1. The first-order chi connectivity index (χ1) is 17.2. The van der Waals surface area contributed by atoms with Crippen LogP contribution in [0.15, 0.2) is 112 Å². The molecule has 0 saturated heterocycles. The number of hydrogen-bond donors (Lipinski definition) is 0. The van der Waals surface area contributed by atoms with Crippen LogP contribution in [0.4, 0.5) is 0 Å². The minimum absolute atomic E-state index is 0.273. The Bertz CT molecular complexity index is 1720. The Kier molecular flexibility index (Phi) is 5.00. The molecular weight excluding hydrogens is 440 g/mol. The molecule has 0 atom stereocenters. The Morgan fingerprint density at radius 2 is 1.74 bits per heavy atom. The number of hydrogen-bond acceptors (Lipinski definition) is 5. The first-order valence-corrected chi connectivity index (χ1v) is 11.1. The van der Waals surface area contributed by atoms with Crippen LogP contribution in [0.3, 0.4) is 0 Å². The highest BCUT2D eigenvalue weighted by atomic mass is 16.5. The number of para-hydroxylation sites is 2. The van der Waals surface area contributed by atoms with Gasteiger partial charge < -0.3 is 13.7 Å². The molecule has 6 rings (SSSR count). The predicted molar refractivity (Wildman–Crippen MR) is 137 cm³/mol. The molecule has 0 saturated carbocycles. The van der Waals surface area contributed by atoms with Gasteiger partial charge in [0.15, 0.2) is 5.76 Å². The van der Waals surface area contributed by atoms with E-state index in [0.29, 0.717) is 28.1 Å². The van der Waals surface area contributed by atoms with Crippen molar-refractivity contribution in [1.82, 2.24) is 14.2 Å². The fourth-order valence-corrected chi connectivity index (χ4v) is 4.08. The van der Waals surface area contributed by atoms with Gasteiger partial charge >= 0.3 is 0 Å². The van der Waals surface area contributed by atoms with Crippen LogP contribution in [0, 0.1) is 0 Å². The number of benzene rings is 3. The lowest BCUT2D eigenvalue weighted by atomic mass is 10.2. The van der Waals surface area contributed by atoms with Gasteiger partial charge in [-0.25, -0.2) is 4.98 Å². The summed E-state index contributed by atoms with van der Waals surface area (Å²) in [6.45, 7) is 0. The zero-order valence-corrected chi connectivity index (χ0v) is 18.8. The smallest absolute Gasteiger partial charge is 0.282 e. The van der Waals surface area contributed by atoms with Gasteiger partial charge in [-0.05, 0) is 60.7 Å². The summed E-state index contributed by atoms with van der Waals surface area (Å²) >= 11 is 0. The molecule has 0 aliphatic carbocycles. The maximum atomic E-state index is 13.5. The normalized spacial score (nSPS) is 11.6. The van der Waals surface area contributed by atoms with E-state index < -0.39 is 0 Å². The van der Waals surface area contributed by atoms with Gasteiger partial charge in [0, 0.05) is 17.3 Å². The van der Waals surface area contributed by atoms with Crippen molar-refractivity contribution in [2.75, 3.05) is 7.11 Å². The van der Waals surface area contributed by atoms with Crippen LogP contribution in [-0.2, 0) is 0 Å². The Hall–Kier alpha value is -4.91. The lowest BCUT2D eigenvalue weighted by Gasteiger charge is -2.09. The molecule has 35 heavy (non-hydrogen) atoms. The molecule has 0 bridgehead atoms. The maximum Gasteiger partial charge on any atom is 0.282 e. The first kappa shape index (κ1) is 20.7. The van der Waals surface area contributed by atoms with E-state index in [0.717, 1.165) is 22.5 Å². The number of nitrogens with zero attached hydrogens (tertiary/aromatic N) is 4. The summed E-state index contributed by atoms with van der Waals surface area (Å²) in [5.74, 6) is 1.58. The maximum absolute atomic E-state index is 13.5. The molecule has 3 aromatic carbocycles. The van der Waals surface area contributed by atoms with Crippen LogP contribution in [0.2, 0.25) is 0 Å². The van der Waals surface area contributed by atoms with Gasteiger partial charge in [0.25, 0.3) is 5.56 Å². The largest absolute Gasteiger partial charge is 0.497 e. The molecule has 7 nitrogen and oxygen atoms in total. The summed E-state index contributed by atoms with van der Waals surface area (Å²) in [6.07, 6.45) is 3.58. The molecule has 0 radical (unpaired) electrons. The topological polar surface area (TPSA) is 74.6 Å². The van der Waals surface area contributed by atoms with Gasteiger partial charge in [-0.2, -0.15) is 9.78 Å². The van der Waals surface area contributed by atoms with E-state index in [1.165, 1.54) is 4.68 Å². The summed E-state index contributed by atoms with van der Waals surface area (Å²) in [4.78, 5) is 18.2. The lowest BCUT2D eigenvalue weighted by Crippen LogP contribution is -2.20. The van der Waals surface area contributed by atoms with Crippen LogP contribution < -0.4 is 10.3 Å². The fourth-order valence-electron chi connectivity index (χ4n) is 4.08. The molecule has 0 fully saturated rings. The van der Waals surface area contributed by atoms with Crippen molar-refractivity contribution >= 4 is 28.1 Å². The summed E-state index contributed by atoms with van der Waals surface area (Å²) in [6, 6.07) is 28.3. The fraction of sp³-hybridized carbons (Fsp3) is 0.0357. The molecule has 0 spiro atoms.